The van der Waals surface area contributed by atoms with E-state index in [4.69, 9.17) is 11.6 Å². The van der Waals surface area contributed by atoms with Gasteiger partial charge in [-0.1, -0.05) is 0 Å². The summed E-state index contributed by atoms with van der Waals surface area (Å²) in [6, 6.07) is 4.39. The zero-order chi connectivity index (χ0) is 15.3. The molecule has 1 unspecified atom stereocenters. The molecule has 114 valence electrons. The molecular weight excluding hydrogens is 315 g/mol. The maximum Gasteiger partial charge on any atom is 0.152 e. The lowest BCUT2D eigenvalue weighted by molar-refractivity contribution is 0.364. The van der Waals surface area contributed by atoms with Crippen LogP contribution in [-0.4, -0.2) is 35.4 Å². The molecule has 7 heteroatoms. The van der Waals surface area contributed by atoms with Gasteiger partial charge in [0.2, 0.25) is 0 Å². The third-order valence-electron chi connectivity index (χ3n) is 4.03. The van der Waals surface area contributed by atoms with Crippen molar-refractivity contribution >= 4 is 32.5 Å². The minimum atomic E-state index is -3.07. The van der Waals surface area contributed by atoms with Crippen molar-refractivity contribution in [2.24, 2.45) is 0 Å². The van der Waals surface area contributed by atoms with Crippen LogP contribution in [0.3, 0.4) is 0 Å². The fraction of sp³-hybridized carbons (Fsp3) is 0.500. The summed E-state index contributed by atoms with van der Waals surface area (Å²) >= 11 is 5.83. The van der Waals surface area contributed by atoms with Gasteiger partial charge in [0.25, 0.3) is 0 Å². The van der Waals surface area contributed by atoms with Crippen LogP contribution in [0.25, 0.3) is 11.0 Å². The molecule has 0 radical (unpaired) electrons. The normalized spacial score (nSPS) is 24.7. The molecule has 1 fully saturated rings. The van der Waals surface area contributed by atoms with Crippen molar-refractivity contribution in [2.75, 3.05) is 17.4 Å². The van der Waals surface area contributed by atoms with E-state index in [9.17, 15) is 12.8 Å². The van der Waals surface area contributed by atoms with Gasteiger partial charge in [-0.05, 0) is 31.5 Å². The predicted octanol–water partition coefficient (Wildman–Crippen LogP) is 2.49. The van der Waals surface area contributed by atoms with Gasteiger partial charge >= 0.3 is 0 Å². The summed E-state index contributed by atoms with van der Waals surface area (Å²) in [6.45, 7) is 1.89. The third-order valence-corrected chi connectivity index (χ3v) is 6.10. The monoisotopic (exact) mass is 330 g/mol. The molecule has 4 nitrogen and oxygen atoms in total. The first-order valence-electron chi connectivity index (χ1n) is 6.78. The summed E-state index contributed by atoms with van der Waals surface area (Å²) in [6.07, 6.45) is 1.03. The highest BCUT2D eigenvalue weighted by Crippen LogP contribution is 2.35. The standard InChI is InChI=1S/C14H16ClFN2O2S/c1-14(5-7-21(19,20)9-14)18-12-8-10(16)2-3-11(12)17-13(18)4-6-15/h2-3,8H,4-7,9H2,1H3. The number of alkyl halides is 1. The molecule has 1 saturated heterocycles. The smallest absolute Gasteiger partial charge is 0.152 e. The molecule has 21 heavy (non-hydrogen) atoms. The summed E-state index contributed by atoms with van der Waals surface area (Å²) < 4.78 is 39.2. The lowest BCUT2D eigenvalue weighted by Gasteiger charge is -2.27. The van der Waals surface area contributed by atoms with E-state index in [0.717, 1.165) is 0 Å². The van der Waals surface area contributed by atoms with Crippen molar-refractivity contribution in [1.82, 2.24) is 9.55 Å². The minimum Gasteiger partial charge on any atom is -0.321 e. The molecule has 0 spiro atoms. The van der Waals surface area contributed by atoms with Crippen molar-refractivity contribution in [1.29, 1.82) is 0 Å². The van der Waals surface area contributed by atoms with Gasteiger partial charge in [0.15, 0.2) is 9.84 Å². The lowest BCUT2D eigenvalue weighted by atomic mass is 10.0. The zero-order valence-electron chi connectivity index (χ0n) is 11.6. The second kappa shape index (κ2) is 4.95. The van der Waals surface area contributed by atoms with Gasteiger partial charge in [0.1, 0.15) is 11.6 Å². The Morgan fingerprint density at radius 2 is 2.24 bits per heavy atom. The van der Waals surface area contributed by atoms with Gasteiger partial charge in [0.05, 0.1) is 28.1 Å². The van der Waals surface area contributed by atoms with Crippen molar-refractivity contribution in [2.45, 2.75) is 25.3 Å². The summed E-state index contributed by atoms with van der Waals surface area (Å²) in [4.78, 5) is 4.50. The van der Waals surface area contributed by atoms with Gasteiger partial charge < -0.3 is 4.57 Å². The van der Waals surface area contributed by atoms with Crippen LogP contribution in [0.15, 0.2) is 18.2 Å². The van der Waals surface area contributed by atoms with Gasteiger partial charge in [-0.15, -0.1) is 11.6 Å². The van der Waals surface area contributed by atoms with Gasteiger partial charge in [0, 0.05) is 12.3 Å². The molecule has 2 heterocycles. The number of aromatic nitrogens is 2. The van der Waals surface area contributed by atoms with E-state index < -0.39 is 15.4 Å². The number of fused-ring (bicyclic) bond motifs is 1. The number of hydrogen-bond acceptors (Lipinski definition) is 3. The largest absolute Gasteiger partial charge is 0.321 e. The highest BCUT2D eigenvalue weighted by Gasteiger charge is 2.41. The van der Waals surface area contributed by atoms with Crippen LogP contribution in [0.5, 0.6) is 0 Å². The molecule has 0 amide bonds. The van der Waals surface area contributed by atoms with E-state index in [1.54, 1.807) is 6.07 Å². The molecule has 3 rings (SSSR count). The highest BCUT2D eigenvalue weighted by atomic mass is 35.5. The maximum atomic E-state index is 13.6. The Kier molecular flexibility index (Phi) is 3.48. The average Bonchev–Trinajstić information content (AvgIpc) is 2.87. The molecule has 1 aliphatic rings. The van der Waals surface area contributed by atoms with E-state index in [-0.39, 0.29) is 17.3 Å². The molecule has 0 aliphatic carbocycles. The van der Waals surface area contributed by atoms with E-state index >= 15 is 0 Å². The van der Waals surface area contributed by atoms with Gasteiger partial charge in [-0.2, -0.15) is 0 Å². The number of rotatable bonds is 3. The van der Waals surface area contributed by atoms with Crippen molar-refractivity contribution in [3.05, 3.63) is 29.8 Å². The number of halogens is 2. The summed E-state index contributed by atoms with van der Waals surface area (Å²) in [5, 5.41) is 0. The van der Waals surface area contributed by atoms with Crippen molar-refractivity contribution in [3.63, 3.8) is 0 Å². The van der Waals surface area contributed by atoms with Crippen LogP contribution in [0.4, 0.5) is 4.39 Å². The Morgan fingerprint density at radius 1 is 1.48 bits per heavy atom. The molecule has 2 aromatic rings. The molecular formula is C14H16ClFN2O2S. The first kappa shape index (κ1) is 14.8. The average molecular weight is 331 g/mol. The maximum absolute atomic E-state index is 13.6. The number of aryl methyl sites for hydroxylation is 1. The number of nitrogens with zero attached hydrogens (tertiary/aromatic N) is 2. The Morgan fingerprint density at radius 3 is 2.86 bits per heavy atom. The summed E-state index contributed by atoms with van der Waals surface area (Å²) in [7, 11) is -3.07. The van der Waals surface area contributed by atoms with Crippen LogP contribution in [0, 0.1) is 5.82 Å². The van der Waals surface area contributed by atoms with E-state index in [1.165, 1.54) is 12.1 Å². The third kappa shape index (κ3) is 2.55. The van der Waals surface area contributed by atoms with Crippen LogP contribution in [-0.2, 0) is 21.8 Å². The molecule has 0 bridgehead atoms. The number of hydrogen-bond donors (Lipinski definition) is 0. The number of benzene rings is 1. The SMILES string of the molecule is CC1(n2c(CCCl)nc3ccc(F)cc32)CCS(=O)(=O)C1. The first-order valence-corrected chi connectivity index (χ1v) is 9.14. The second-order valence-electron chi connectivity index (χ2n) is 5.77. The number of imidazole rings is 1. The van der Waals surface area contributed by atoms with E-state index in [1.807, 2.05) is 11.5 Å². The predicted molar refractivity (Wildman–Crippen MR) is 81.0 cm³/mol. The van der Waals surface area contributed by atoms with Crippen molar-refractivity contribution < 1.29 is 12.8 Å². The number of sulfone groups is 1. The highest BCUT2D eigenvalue weighted by molar-refractivity contribution is 7.91. The Bertz CT molecular complexity index is 803. The molecule has 1 aliphatic heterocycles. The quantitative estimate of drug-likeness (QED) is 0.812. The lowest BCUT2D eigenvalue weighted by Crippen LogP contribution is -2.33. The molecule has 0 N–H and O–H groups in total. The zero-order valence-corrected chi connectivity index (χ0v) is 13.2. The van der Waals surface area contributed by atoms with Crippen LogP contribution < -0.4 is 0 Å². The van der Waals surface area contributed by atoms with Crippen LogP contribution in [0.1, 0.15) is 19.2 Å². The first-order chi connectivity index (χ1) is 9.85. The topological polar surface area (TPSA) is 52.0 Å². The van der Waals surface area contributed by atoms with Crippen LogP contribution in [0.2, 0.25) is 0 Å². The van der Waals surface area contributed by atoms with E-state index in [0.29, 0.717) is 35.6 Å². The molecule has 1 aromatic carbocycles. The van der Waals surface area contributed by atoms with Gasteiger partial charge in [-0.3, -0.25) is 0 Å². The molecule has 0 saturated carbocycles. The fourth-order valence-electron chi connectivity index (χ4n) is 3.12. The van der Waals surface area contributed by atoms with Crippen molar-refractivity contribution in [3.8, 4) is 0 Å². The second-order valence-corrected chi connectivity index (χ2v) is 8.34. The van der Waals surface area contributed by atoms with Gasteiger partial charge in [-0.25, -0.2) is 17.8 Å². The fourth-order valence-corrected chi connectivity index (χ4v) is 5.41. The van der Waals surface area contributed by atoms with E-state index in [2.05, 4.69) is 4.98 Å². The van der Waals surface area contributed by atoms with Crippen LogP contribution >= 0.6 is 11.6 Å². The minimum absolute atomic E-state index is 0.0528. The molecule has 1 aromatic heterocycles. The Hall–Kier alpha value is -1.14. The Labute approximate surface area is 127 Å². The molecule has 1 atom stereocenters. The Balaban J connectivity index is 2.24. The summed E-state index contributed by atoms with van der Waals surface area (Å²) in [5.74, 6) is 0.945. The summed E-state index contributed by atoms with van der Waals surface area (Å²) in [5.41, 5.74) is 0.708.